The highest BCUT2D eigenvalue weighted by molar-refractivity contribution is 6.31. The summed E-state index contributed by atoms with van der Waals surface area (Å²) in [5.74, 6) is -0.700. The second kappa shape index (κ2) is 6.13. The maximum Gasteiger partial charge on any atom is 0.142 e. The minimum absolute atomic E-state index is 0.0463. The molecule has 1 N–H and O–H groups in total. The normalized spacial score (nSPS) is 12.4. The number of rotatable bonds is 4. The highest BCUT2D eigenvalue weighted by atomic mass is 35.5. The first-order valence-electron chi connectivity index (χ1n) is 5.99. The molecule has 4 heteroatoms. The molecule has 0 aromatic heterocycles. The summed E-state index contributed by atoms with van der Waals surface area (Å²) in [6.45, 7) is 2.34. The molecule has 0 aliphatic heterocycles. The van der Waals surface area contributed by atoms with Crippen molar-refractivity contribution in [1.82, 2.24) is 5.32 Å². The van der Waals surface area contributed by atoms with E-state index in [0.717, 1.165) is 5.56 Å². The van der Waals surface area contributed by atoms with Gasteiger partial charge in [-0.1, -0.05) is 35.9 Å². The van der Waals surface area contributed by atoms with Crippen molar-refractivity contribution >= 4 is 11.6 Å². The largest absolute Gasteiger partial charge is 0.306 e. The molecule has 0 bridgehead atoms. The number of hydrogen-bond donors (Lipinski definition) is 1. The van der Waals surface area contributed by atoms with Crippen molar-refractivity contribution in [1.29, 1.82) is 0 Å². The van der Waals surface area contributed by atoms with Crippen LogP contribution in [-0.2, 0) is 6.54 Å². The maximum atomic E-state index is 13.3. The fourth-order valence-electron chi connectivity index (χ4n) is 1.84. The van der Waals surface area contributed by atoms with E-state index in [1.165, 1.54) is 18.2 Å². The van der Waals surface area contributed by atoms with Crippen molar-refractivity contribution in [2.24, 2.45) is 0 Å². The van der Waals surface area contributed by atoms with Gasteiger partial charge in [0.05, 0.1) is 5.02 Å². The molecule has 0 aliphatic rings. The quantitative estimate of drug-likeness (QED) is 0.872. The number of benzene rings is 2. The van der Waals surface area contributed by atoms with Crippen LogP contribution in [0.3, 0.4) is 0 Å². The molecule has 0 saturated heterocycles. The first-order valence-corrected chi connectivity index (χ1v) is 6.37. The fourth-order valence-corrected chi connectivity index (χ4v) is 2.03. The highest BCUT2D eigenvalue weighted by Gasteiger charge is 2.09. The smallest absolute Gasteiger partial charge is 0.142 e. The van der Waals surface area contributed by atoms with Crippen molar-refractivity contribution < 1.29 is 8.78 Å². The van der Waals surface area contributed by atoms with E-state index in [-0.39, 0.29) is 16.9 Å². The van der Waals surface area contributed by atoms with Gasteiger partial charge in [-0.2, -0.15) is 0 Å². The fraction of sp³-hybridized carbons (Fsp3) is 0.200. The highest BCUT2D eigenvalue weighted by Crippen LogP contribution is 2.21. The minimum atomic E-state index is -0.431. The van der Waals surface area contributed by atoms with Crippen LogP contribution >= 0.6 is 11.6 Å². The van der Waals surface area contributed by atoms with Crippen LogP contribution in [0.4, 0.5) is 8.78 Å². The van der Waals surface area contributed by atoms with Crippen LogP contribution in [0.2, 0.25) is 5.02 Å². The van der Waals surface area contributed by atoms with Crippen molar-refractivity contribution in [3.63, 3.8) is 0 Å². The Balaban J connectivity index is 2.04. The SMILES string of the molecule is C[C@H](NCc1cccc(F)c1Cl)c1cccc(F)c1. The second-order valence-corrected chi connectivity index (χ2v) is 4.75. The Labute approximate surface area is 116 Å². The van der Waals surface area contributed by atoms with Gasteiger partial charge in [0.1, 0.15) is 11.6 Å². The molecule has 2 aromatic carbocycles. The maximum absolute atomic E-state index is 13.3. The van der Waals surface area contributed by atoms with Gasteiger partial charge in [0, 0.05) is 12.6 Å². The Morgan fingerprint density at radius 3 is 2.63 bits per heavy atom. The first kappa shape index (κ1) is 14.0. The van der Waals surface area contributed by atoms with Gasteiger partial charge in [0.15, 0.2) is 0 Å². The molecule has 0 radical (unpaired) electrons. The van der Waals surface area contributed by atoms with E-state index in [2.05, 4.69) is 5.32 Å². The molecule has 1 atom stereocenters. The third-order valence-electron chi connectivity index (χ3n) is 2.98. The summed E-state index contributed by atoms with van der Waals surface area (Å²) >= 11 is 5.87. The van der Waals surface area contributed by atoms with E-state index in [1.807, 2.05) is 13.0 Å². The topological polar surface area (TPSA) is 12.0 Å². The lowest BCUT2D eigenvalue weighted by Crippen LogP contribution is -2.18. The molecule has 0 unspecified atom stereocenters. The zero-order valence-electron chi connectivity index (χ0n) is 10.5. The Morgan fingerprint density at radius 1 is 1.16 bits per heavy atom. The molecule has 0 saturated carbocycles. The van der Waals surface area contributed by atoms with E-state index in [4.69, 9.17) is 11.6 Å². The van der Waals surface area contributed by atoms with Crippen LogP contribution < -0.4 is 5.32 Å². The lowest BCUT2D eigenvalue weighted by atomic mass is 10.1. The molecule has 0 fully saturated rings. The van der Waals surface area contributed by atoms with Gasteiger partial charge in [-0.25, -0.2) is 8.78 Å². The molecular formula is C15H14ClF2N. The summed E-state index contributed by atoms with van der Waals surface area (Å²) in [5, 5.41) is 3.32. The van der Waals surface area contributed by atoms with E-state index in [9.17, 15) is 8.78 Å². The van der Waals surface area contributed by atoms with Gasteiger partial charge >= 0.3 is 0 Å². The van der Waals surface area contributed by atoms with Gasteiger partial charge in [-0.3, -0.25) is 0 Å². The summed E-state index contributed by atoms with van der Waals surface area (Å²) in [7, 11) is 0. The van der Waals surface area contributed by atoms with Gasteiger partial charge in [-0.05, 0) is 36.2 Å². The van der Waals surface area contributed by atoms with Gasteiger partial charge in [0.2, 0.25) is 0 Å². The van der Waals surface area contributed by atoms with Gasteiger partial charge < -0.3 is 5.32 Å². The summed E-state index contributed by atoms with van der Waals surface area (Å²) < 4.78 is 26.4. The summed E-state index contributed by atoms with van der Waals surface area (Å²) in [4.78, 5) is 0. The average molecular weight is 282 g/mol. The van der Waals surface area contributed by atoms with Gasteiger partial charge in [-0.15, -0.1) is 0 Å². The predicted molar refractivity (Wildman–Crippen MR) is 73.1 cm³/mol. The Kier molecular flexibility index (Phi) is 4.51. The number of halogens is 3. The van der Waals surface area contributed by atoms with E-state index >= 15 is 0 Å². The van der Waals surface area contributed by atoms with E-state index in [0.29, 0.717) is 12.1 Å². The van der Waals surface area contributed by atoms with Crippen molar-refractivity contribution in [3.05, 3.63) is 70.2 Å². The molecule has 2 aromatic rings. The molecular weight excluding hydrogens is 268 g/mol. The average Bonchev–Trinajstić information content (AvgIpc) is 2.40. The zero-order chi connectivity index (χ0) is 13.8. The van der Waals surface area contributed by atoms with Gasteiger partial charge in [0.25, 0.3) is 0 Å². The standard InChI is InChI=1S/C15H14ClF2N/c1-10(11-4-2-6-13(17)8-11)19-9-12-5-3-7-14(18)15(12)16/h2-8,10,19H,9H2,1H3/t10-/m0/s1. The number of hydrogen-bond acceptors (Lipinski definition) is 1. The first-order chi connectivity index (χ1) is 9.08. The number of nitrogens with one attached hydrogen (secondary N) is 1. The van der Waals surface area contributed by atoms with E-state index < -0.39 is 5.82 Å². The predicted octanol–water partition coefficient (Wildman–Crippen LogP) is 4.47. The summed E-state index contributed by atoms with van der Waals surface area (Å²) in [6.07, 6.45) is 0. The molecule has 0 amide bonds. The third kappa shape index (κ3) is 3.52. The van der Waals surface area contributed by atoms with Crippen LogP contribution in [0.15, 0.2) is 42.5 Å². The van der Waals surface area contributed by atoms with Crippen molar-refractivity contribution in [2.45, 2.75) is 19.5 Å². The van der Waals surface area contributed by atoms with Crippen LogP contribution in [0.25, 0.3) is 0 Å². The Morgan fingerprint density at radius 2 is 1.89 bits per heavy atom. The van der Waals surface area contributed by atoms with Crippen molar-refractivity contribution in [2.75, 3.05) is 0 Å². The molecule has 2 rings (SSSR count). The van der Waals surface area contributed by atoms with Crippen LogP contribution in [0.5, 0.6) is 0 Å². The third-order valence-corrected chi connectivity index (χ3v) is 3.40. The summed E-state index contributed by atoms with van der Waals surface area (Å²) in [5.41, 5.74) is 1.53. The monoisotopic (exact) mass is 281 g/mol. The molecule has 0 aliphatic carbocycles. The molecule has 1 nitrogen and oxygen atoms in total. The molecule has 0 heterocycles. The lowest BCUT2D eigenvalue weighted by Gasteiger charge is -2.15. The molecule has 100 valence electrons. The molecule has 0 spiro atoms. The summed E-state index contributed by atoms with van der Waals surface area (Å²) in [6, 6.07) is 11.0. The Hall–Kier alpha value is -1.45. The van der Waals surface area contributed by atoms with Crippen LogP contribution in [0, 0.1) is 11.6 Å². The lowest BCUT2D eigenvalue weighted by molar-refractivity contribution is 0.561. The zero-order valence-corrected chi connectivity index (χ0v) is 11.2. The second-order valence-electron chi connectivity index (χ2n) is 4.37. The molecule has 19 heavy (non-hydrogen) atoms. The minimum Gasteiger partial charge on any atom is -0.306 e. The van der Waals surface area contributed by atoms with E-state index in [1.54, 1.807) is 18.2 Å². The van der Waals surface area contributed by atoms with Crippen molar-refractivity contribution in [3.8, 4) is 0 Å². The van der Waals surface area contributed by atoms with Crippen LogP contribution in [0.1, 0.15) is 24.1 Å². The Bertz CT molecular complexity index is 572. The van der Waals surface area contributed by atoms with Crippen LogP contribution in [-0.4, -0.2) is 0 Å².